The number of hydrogen-bond acceptors (Lipinski definition) is 7. The Bertz CT molecular complexity index is 757. The highest BCUT2D eigenvalue weighted by Crippen LogP contribution is 2.35. The van der Waals surface area contributed by atoms with E-state index in [1.54, 1.807) is 0 Å². The minimum Gasteiger partial charge on any atom is -0.378 e. The second-order valence-electron chi connectivity index (χ2n) is 6.70. The van der Waals surface area contributed by atoms with Gasteiger partial charge in [0, 0.05) is 18.8 Å². The molecule has 132 valence electrons. The molecule has 0 saturated carbocycles. The zero-order chi connectivity index (χ0) is 18.0. The van der Waals surface area contributed by atoms with E-state index < -0.39 is 4.92 Å². The van der Waals surface area contributed by atoms with Crippen molar-refractivity contribution in [3.05, 3.63) is 40.4 Å². The third-order valence-corrected chi connectivity index (χ3v) is 4.27. The Morgan fingerprint density at radius 1 is 1.20 bits per heavy atom. The quantitative estimate of drug-likeness (QED) is 0.648. The minimum absolute atomic E-state index is 0.126. The van der Waals surface area contributed by atoms with Crippen LogP contribution in [0.2, 0.25) is 0 Å². The van der Waals surface area contributed by atoms with E-state index in [1.165, 1.54) is 0 Å². The van der Waals surface area contributed by atoms with Crippen molar-refractivity contribution in [1.82, 2.24) is 9.97 Å². The number of rotatable bonds is 4. The van der Waals surface area contributed by atoms with Crippen LogP contribution in [0.3, 0.4) is 0 Å². The topological polar surface area (TPSA) is 110 Å². The molecule has 25 heavy (non-hydrogen) atoms. The standard InChI is InChI=1S/C17H22N6O2/c1-11-8-12(2)10-22(9-11)16-14(23(24)25)15(18)20-17(21-16)19-13-6-4-3-5-7-13/h3-7,11-12H,8-10H2,1-2H3,(H3,18,19,20,21). The summed E-state index contributed by atoms with van der Waals surface area (Å²) in [5.41, 5.74) is 6.46. The van der Waals surface area contributed by atoms with Crippen LogP contribution >= 0.6 is 0 Å². The molecular formula is C17H22N6O2. The highest BCUT2D eigenvalue weighted by Gasteiger charge is 2.31. The van der Waals surface area contributed by atoms with Crippen molar-refractivity contribution in [3.8, 4) is 0 Å². The van der Waals surface area contributed by atoms with E-state index in [-0.39, 0.29) is 23.3 Å². The van der Waals surface area contributed by atoms with E-state index in [2.05, 4.69) is 29.1 Å². The highest BCUT2D eigenvalue weighted by molar-refractivity contribution is 5.72. The number of hydrogen-bond donors (Lipinski definition) is 2. The van der Waals surface area contributed by atoms with Crippen molar-refractivity contribution in [2.45, 2.75) is 20.3 Å². The molecule has 1 aromatic heterocycles. The summed E-state index contributed by atoms with van der Waals surface area (Å²) in [6, 6.07) is 9.40. The second-order valence-corrected chi connectivity index (χ2v) is 6.70. The van der Waals surface area contributed by atoms with Crippen LogP contribution in [0.15, 0.2) is 30.3 Å². The number of benzene rings is 1. The molecule has 0 amide bonds. The molecule has 2 atom stereocenters. The summed E-state index contributed by atoms with van der Waals surface area (Å²) in [6.45, 7) is 5.71. The number of nitrogens with two attached hydrogens (primary N) is 1. The van der Waals surface area contributed by atoms with Crippen molar-refractivity contribution in [3.63, 3.8) is 0 Å². The van der Waals surface area contributed by atoms with Gasteiger partial charge in [0.25, 0.3) is 0 Å². The minimum atomic E-state index is -0.499. The Balaban J connectivity index is 2.00. The molecule has 2 unspecified atom stereocenters. The molecule has 1 aromatic carbocycles. The third kappa shape index (κ3) is 3.78. The molecule has 3 N–H and O–H groups in total. The lowest BCUT2D eigenvalue weighted by Crippen LogP contribution is -2.39. The average molecular weight is 342 g/mol. The van der Waals surface area contributed by atoms with Crippen LogP contribution in [-0.2, 0) is 0 Å². The van der Waals surface area contributed by atoms with Gasteiger partial charge >= 0.3 is 5.69 Å². The van der Waals surface area contributed by atoms with Crippen LogP contribution in [0.1, 0.15) is 20.3 Å². The van der Waals surface area contributed by atoms with Crippen LogP contribution < -0.4 is 16.0 Å². The van der Waals surface area contributed by atoms with Gasteiger partial charge in [-0.15, -0.1) is 0 Å². The number of nitrogen functional groups attached to an aromatic ring is 1. The van der Waals surface area contributed by atoms with Crippen molar-refractivity contribution >= 4 is 29.0 Å². The van der Waals surface area contributed by atoms with Gasteiger partial charge in [0.05, 0.1) is 4.92 Å². The Hall–Kier alpha value is -2.90. The van der Waals surface area contributed by atoms with Gasteiger partial charge in [-0.1, -0.05) is 32.0 Å². The monoisotopic (exact) mass is 342 g/mol. The van der Waals surface area contributed by atoms with Gasteiger partial charge in [-0.05, 0) is 30.4 Å². The van der Waals surface area contributed by atoms with Gasteiger partial charge in [-0.3, -0.25) is 10.1 Å². The fraction of sp³-hybridized carbons (Fsp3) is 0.412. The molecule has 1 aliphatic heterocycles. The van der Waals surface area contributed by atoms with E-state index in [0.717, 1.165) is 12.1 Å². The van der Waals surface area contributed by atoms with Gasteiger partial charge in [-0.2, -0.15) is 9.97 Å². The number of aromatic nitrogens is 2. The third-order valence-electron chi connectivity index (χ3n) is 4.27. The average Bonchev–Trinajstić information content (AvgIpc) is 2.54. The van der Waals surface area contributed by atoms with Gasteiger partial charge < -0.3 is 16.0 Å². The van der Waals surface area contributed by atoms with Crippen molar-refractivity contribution in [2.24, 2.45) is 11.8 Å². The molecule has 0 bridgehead atoms. The van der Waals surface area contributed by atoms with Gasteiger partial charge in [0.15, 0.2) is 0 Å². The van der Waals surface area contributed by atoms with Crippen LogP contribution in [0.25, 0.3) is 0 Å². The molecule has 1 fully saturated rings. The van der Waals surface area contributed by atoms with Gasteiger partial charge in [0.1, 0.15) is 0 Å². The maximum absolute atomic E-state index is 11.5. The zero-order valence-electron chi connectivity index (χ0n) is 14.3. The smallest absolute Gasteiger partial charge is 0.353 e. The van der Waals surface area contributed by atoms with Crippen LogP contribution in [0, 0.1) is 22.0 Å². The van der Waals surface area contributed by atoms with Crippen molar-refractivity contribution < 1.29 is 4.92 Å². The number of nitro groups is 1. The summed E-state index contributed by atoms with van der Waals surface area (Å²) in [5.74, 6) is 1.29. The number of nitrogens with zero attached hydrogens (tertiary/aromatic N) is 4. The predicted octanol–water partition coefficient (Wildman–Crippen LogP) is 3.19. The summed E-state index contributed by atoms with van der Waals surface area (Å²) >= 11 is 0. The number of anilines is 4. The molecule has 8 heteroatoms. The molecule has 2 heterocycles. The summed E-state index contributed by atoms with van der Waals surface area (Å²) in [7, 11) is 0. The van der Waals surface area contributed by atoms with Crippen LogP contribution in [-0.4, -0.2) is 28.0 Å². The lowest BCUT2D eigenvalue weighted by atomic mass is 9.92. The van der Waals surface area contributed by atoms with Gasteiger partial charge in [0.2, 0.25) is 17.6 Å². The fourth-order valence-corrected chi connectivity index (χ4v) is 3.40. The summed E-state index contributed by atoms with van der Waals surface area (Å²) in [6.07, 6.45) is 1.10. The normalized spacial score (nSPS) is 20.3. The van der Waals surface area contributed by atoms with E-state index in [0.29, 0.717) is 24.9 Å². The summed E-state index contributed by atoms with van der Waals surface area (Å²) < 4.78 is 0. The van der Waals surface area contributed by atoms with Gasteiger partial charge in [-0.25, -0.2) is 0 Å². The molecule has 1 saturated heterocycles. The maximum Gasteiger partial charge on any atom is 0.353 e. The van der Waals surface area contributed by atoms with Crippen LogP contribution in [0.5, 0.6) is 0 Å². The maximum atomic E-state index is 11.5. The Morgan fingerprint density at radius 3 is 2.44 bits per heavy atom. The van der Waals surface area contributed by atoms with E-state index in [9.17, 15) is 10.1 Å². The fourth-order valence-electron chi connectivity index (χ4n) is 3.40. The second kappa shape index (κ2) is 6.92. The number of para-hydroxylation sites is 1. The molecule has 0 radical (unpaired) electrons. The number of piperidine rings is 1. The predicted molar refractivity (Wildman–Crippen MR) is 98.0 cm³/mol. The summed E-state index contributed by atoms with van der Waals surface area (Å²) in [4.78, 5) is 21.5. The Labute approximate surface area is 146 Å². The summed E-state index contributed by atoms with van der Waals surface area (Å²) in [5, 5.41) is 14.6. The molecule has 0 aliphatic carbocycles. The molecule has 8 nitrogen and oxygen atoms in total. The first-order valence-corrected chi connectivity index (χ1v) is 8.33. The molecular weight excluding hydrogens is 320 g/mol. The largest absolute Gasteiger partial charge is 0.378 e. The highest BCUT2D eigenvalue weighted by atomic mass is 16.6. The van der Waals surface area contributed by atoms with E-state index >= 15 is 0 Å². The Kier molecular flexibility index (Phi) is 4.69. The molecule has 3 rings (SSSR count). The zero-order valence-corrected chi connectivity index (χ0v) is 14.3. The SMILES string of the molecule is CC1CC(C)CN(c2nc(Nc3ccccc3)nc(N)c2[N+](=O)[O-])C1. The van der Waals surface area contributed by atoms with E-state index in [4.69, 9.17) is 5.73 Å². The first kappa shape index (κ1) is 16.9. The molecule has 2 aromatic rings. The first-order chi connectivity index (χ1) is 11.9. The lowest BCUT2D eigenvalue weighted by Gasteiger charge is -2.35. The van der Waals surface area contributed by atoms with Crippen molar-refractivity contribution in [2.75, 3.05) is 29.0 Å². The Morgan fingerprint density at radius 2 is 1.84 bits per heavy atom. The first-order valence-electron chi connectivity index (χ1n) is 8.33. The lowest BCUT2D eigenvalue weighted by molar-refractivity contribution is -0.383. The molecule has 0 spiro atoms. The number of nitrogens with one attached hydrogen (secondary N) is 1. The van der Waals surface area contributed by atoms with Crippen molar-refractivity contribution in [1.29, 1.82) is 0 Å². The van der Waals surface area contributed by atoms with Crippen LogP contribution in [0.4, 0.5) is 29.0 Å². The molecule has 1 aliphatic rings. The van der Waals surface area contributed by atoms with E-state index in [1.807, 2.05) is 35.2 Å².